The molecule has 13 heavy (non-hydrogen) atoms. The second-order valence-electron chi connectivity index (χ2n) is 2.98. The molecule has 0 aliphatic heterocycles. The minimum absolute atomic E-state index is 0.0624. The first-order valence-electron chi connectivity index (χ1n) is 4.03. The SMILES string of the molecule is CC(CC=O)c1ccc(F)c(F)c1. The maximum atomic E-state index is 12.7. The van der Waals surface area contributed by atoms with Crippen molar-refractivity contribution in [3.8, 4) is 0 Å². The third-order valence-electron chi connectivity index (χ3n) is 1.96. The maximum Gasteiger partial charge on any atom is 0.159 e. The van der Waals surface area contributed by atoms with Gasteiger partial charge in [-0.25, -0.2) is 8.78 Å². The summed E-state index contributed by atoms with van der Waals surface area (Å²) in [6.45, 7) is 1.79. The Balaban J connectivity index is 2.89. The van der Waals surface area contributed by atoms with Gasteiger partial charge < -0.3 is 4.79 Å². The van der Waals surface area contributed by atoms with Gasteiger partial charge in [-0.15, -0.1) is 0 Å². The second kappa shape index (κ2) is 4.12. The van der Waals surface area contributed by atoms with E-state index < -0.39 is 11.6 Å². The number of hydrogen-bond acceptors (Lipinski definition) is 1. The van der Waals surface area contributed by atoms with Crippen LogP contribution in [0.25, 0.3) is 0 Å². The first-order valence-corrected chi connectivity index (χ1v) is 4.03. The molecule has 0 amide bonds. The molecular weight excluding hydrogens is 174 g/mol. The summed E-state index contributed by atoms with van der Waals surface area (Å²) in [5.41, 5.74) is 0.644. The Labute approximate surface area is 75.4 Å². The molecular formula is C10H10F2O. The fraction of sp³-hybridized carbons (Fsp3) is 0.300. The van der Waals surface area contributed by atoms with Gasteiger partial charge in [-0.05, 0) is 23.6 Å². The van der Waals surface area contributed by atoms with Crippen LogP contribution in [0.15, 0.2) is 18.2 Å². The normalized spacial score (nSPS) is 12.5. The standard InChI is InChI=1S/C10H10F2O/c1-7(4-5-13)8-2-3-9(11)10(12)6-8/h2-3,5-7H,4H2,1H3. The molecule has 0 bridgehead atoms. The molecule has 1 atom stereocenters. The van der Waals surface area contributed by atoms with Crippen molar-refractivity contribution in [3.63, 3.8) is 0 Å². The van der Waals surface area contributed by atoms with Crippen LogP contribution < -0.4 is 0 Å². The number of halogens is 2. The number of hydrogen-bond donors (Lipinski definition) is 0. The molecule has 1 nitrogen and oxygen atoms in total. The van der Waals surface area contributed by atoms with Crippen molar-refractivity contribution in [1.29, 1.82) is 0 Å². The first-order chi connectivity index (χ1) is 6.15. The molecule has 0 aliphatic rings. The van der Waals surface area contributed by atoms with Crippen molar-refractivity contribution in [1.82, 2.24) is 0 Å². The van der Waals surface area contributed by atoms with Gasteiger partial charge in [0.15, 0.2) is 11.6 Å². The zero-order chi connectivity index (χ0) is 9.84. The molecule has 70 valence electrons. The van der Waals surface area contributed by atoms with Crippen LogP contribution in [0.1, 0.15) is 24.8 Å². The van der Waals surface area contributed by atoms with Gasteiger partial charge in [0.25, 0.3) is 0 Å². The van der Waals surface area contributed by atoms with Crippen LogP contribution >= 0.6 is 0 Å². The fourth-order valence-electron chi connectivity index (χ4n) is 1.10. The summed E-state index contributed by atoms with van der Waals surface area (Å²) in [5, 5.41) is 0. The summed E-state index contributed by atoms with van der Waals surface area (Å²) >= 11 is 0. The van der Waals surface area contributed by atoms with Crippen molar-refractivity contribution in [2.75, 3.05) is 0 Å². The lowest BCUT2D eigenvalue weighted by Crippen LogP contribution is -1.96. The molecule has 0 saturated heterocycles. The van der Waals surface area contributed by atoms with Crippen LogP contribution in [0.3, 0.4) is 0 Å². The van der Waals surface area contributed by atoms with E-state index in [1.54, 1.807) is 6.92 Å². The quantitative estimate of drug-likeness (QED) is 0.660. The lowest BCUT2D eigenvalue weighted by molar-refractivity contribution is -0.108. The van der Waals surface area contributed by atoms with Gasteiger partial charge in [-0.1, -0.05) is 13.0 Å². The highest BCUT2D eigenvalue weighted by molar-refractivity contribution is 5.51. The van der Waals surface area contributed by atoms with Crippen molar-refractivity contribution in [2.24, 2.45) is 0 Å². The lowest BCUT2D eigenvalue weighted by Gasteiger charge is -2.07. The van der Waals surface area contributed by atoms with Crippen molar-refractivity contribution in [3.05, 3.63) is 35.4 Å². The van der Waals surface area contributed by atoms with Crippen molar-refractivity contribution >= 4 is 6.29 Å². The highest BCUT2D eigenvalue weighted by atomic mass is 19.2. The Bertz CT molecular complexity index is 310. The summed E-state index contributed by atoms with van der Waals surface area (Å²) in [7, 11) is 0. The molecule has 0 N–H and O–H groups in total. The van der Waals surface area contributed by atoms with Crippen LogP contribution in [0.2, 0.25) is 0 Å². The molecule has 0 aliphatic carbocycles. The van der Waals surface area contributed by atoms with Crippen LogP contribution in [-0.2, 0) is 4.79 Å². The summed E-state index contributed by atoms with van der Waals surface area (Å²) in [5.74, 6) is -1.79. The predicted molar refractivity (Wildman–Crippen MR) is 45.5 cm³/mol. The summed E-state index contributed by atoms with van der Waals surface area (Å²) < 4.78 is 25.2. The highest BCUT2D eigenvalue weighted by Gasteiger charge is 2.08. The predicted octanol–water partition coefficient (Wildman–Crippen LogP) is 2.66. The fourth-order valence-corrected chi connectivity index (χ4v) is 1.10. The Morgan fingerprint density at radius 1 is 1.38 bits per heavy atom. The van der Waals surface area contributed by atoms with Gasteiger partial charge in [-0.3, -0.25) is 0 Å². The Morgan fingerprint density at radius 2 is 2.08 bits per heavy atom. The molecule has 0 fully saturated rings. The van der Waals surface area contributed by atoms with E-state index in [4.69, 9.17) is 0 Å². The third kappa shape index (κ3) is 2.34. The average Bonchev–Trinajstić information content (AvgIpc) is 2.10. The summed E-state index contributed by atoms with van der Waals surface area (Å²) in [4.78, 5) is 10.2. The number of carbonyl (C=O) groups excluding carboxylic acids is 1. The minimum Gasteiger partial charge on any atom is -0.303 e. The smallest absolute Gasteiger partial charge is 0.159 e. The zero-order valence-corrected chi connectivity index (χ0v) is 7.26. The van der Waals surface area contributed by atoms with Crippen molar-refractivity contribution in [2.45, 2.75) is 19.3 Å². The molecule has 1 rings (SSSR count). The van der Waals surface area contributed by atoms with Gasteiger partial charge in [0.2, 0.25) is 0 Å². The molecule has 0 spiro atoms. The molecule has 0 radical (unpaired) electrons. The molecule has 0 aromatic heterocycles. The maximum absolute atomic E-state index is 12.7. The third-order valence-corrected chi connectivity index (χ3v) is 1.96. The lowest BCUT2D eigenvalue weighted by atomic mass is 9.98. The largest absolute Gasteiger partial charge is 0.303 e. The second-order valence-corrected chi connectivity index (χ2v) is 2.98. The van der Waals surface area contributed by atoms with E-state index >= 15 is 0 Å². The average molecular weight is 184 g/mol. The monoisotopic (exact) mass is 184 g/mol. The minimum atomic E-state index is -0.866. The molecule has 0 saturated carbocycles. The Kier molecular flexibility index (Phi) is 3.12. The van der Waals surface area contributed by atoms with Crippen molar-refractivity contribution < 1.29 is 13.6 Å². The Morgan fingerprint density at radius 3 is 2.62 bits per heavy atom. The molecule has 1 unspecified atom stereocenters. The van der Waals surface area contributed by atoms with E-state index in [2.05, 4.69) is 0 Å². The molecule has 0 heterocycles. The zero-order valence-electron chi connectivity index (χ0n) is 7.26. The first kappa shape index (κ1) is 9.84. The Hall–Kier alpha value is -1.25. The highest BCUT2D eigenvalue weighted by Crippen LogP contribution is 2.19. The van der Waals surface area contributed by atoms with Crippen LogP contribution in [0, 0.1) is 11.6 Å². The van der Waals surface area contributed by atoms with Crippen LogP contribution in [0.4, 0.5) is 8.78 Å². The van der Waals surface area contributed by atoms with Crippen LogP contribution in [-0.4, -0.2) is 6.29 Å². The summed E-state index contributed by atoms with van der Waals surface area (Å²) in [6.07, 6.45) is 1.09. The van der Waals surface area contributed by atoms with Gasteiger partial charge in [-0.2, -0.15) is 0 Å². The number of rotatable bonds is 3. The molecule has 1 aromatic rings. The van der Waals surface area contributed by atoms with Gasteiger partial charge in [0.05, 0.1) is 0 Å². The number of carbonyl (C=O) groups is 1. The van der Waals surface area contributed by atoms with E-state index in [0.717, 1.165) is 18.4 Å². The topological polar surface area (TPSA) is 17.1 Å². The van der Waals surface area contributed by atoms with E-state index in [-0.39, 0.29) is 5.92 Å². The van der Waals surface area contributed by atoms with E-state index in [9.17, 15) is 13.6 Å². The van der Waals surface area contributed by atoms with E-state index in [0.29, 0.717) is 12.0 Å². The van der Waals surface area contributed by atoms with Crippen LogP contribution in [0.5, 0.6) is 0 Å². The molecule has 3 heteroatoms. The van der Waals surface area contributed by atoms with E-state index in [1.807, 2.05) is 0 Å². The number of aldehydes is 1. The van der Waals surface area contributed by atoms with Gasteiger partial charge >= 0.3 is 0 Å². The van der Waals surface area contributed by atoms with E-state index in [1.165, 1.54) is 6.07 Å². The van der Waals surface area contributed by atoms with Gasteiger partial charge in [0, 0.05) is 6.42 Å². The summed E-state index contributed by atoms with van der Waals surface area (Å²) in [6, 6.07) is 3.70. The molecule has 1 aromatic carbocycles. The number of benzene rings is 1. The van der Waals surface area contributed by atoms with Gasteiger partial charge in [0.1, 0.15) is 6.29 Å².